The lowest BCUT2D eigenvalue weighted by Crippen LogP contribution is -2.33. The van der Waals surface area contributed by atoms with Crippen molar-refractivity contribution in [3.63, 3.8) is 0 Å². The predicted molar refractivity (Wildman–Crippen MR) is 65.8 cm³/mol. The summed E-state index contributed by atoms with van der Waals surface area (Å²) in [4.78, 5) is 0.200. The van der Waals surface area contributed by atoms with Gasteiger partial charge < -0.3 is 10.8 Å². The first-order valence-corrected chi connectivity index (χ1v) is 6.76. The molecule has 1 unspecified atom stereocenters. The van der Waals surface area contributed by atoms with E-state index in [0.29, 0.717) is 5.56 Å². The molecule has 0 saturated heterocycles. The van der Waals surface area contributed by atoms with Crippen LogP contribution in [0.3, 0.4) is 0 Å². The molecule has 0 aliphatic heterocycles. The molecule has 1 atom stereocenters. The monoisotopic (exact) mass is 258 g/mol. The molecule has 0 spiro atoms. The van der Waals surface area contributed by atoms with E-state index in [0.717, 1.165) is 4.31 Å². The Morgan fingerprint density at radius 2 is 2.00 bits per heavy atom. The maximum atomic E-state index is 12.2. The van der Waals surface area contributed by atoms with Crippen molar-refractivity contribution in [3.8, 4) is 0 Å². The van der Waals surface area contributed by atoms with Crippen LogP contribution in [0, 0.1) is 0 Å². The van der Waals surface area contributed by atoms with Gasteiger partial charge in [0.1, 0.15) is 0 Å². The van der Waals surface area contributed by atoms with Gasteiger partial charge in [-0.15, -0.1) is 0 Å². The molecule has 0 fully saturated rings. The number of nitrogens with zero attached hydrogens (tertiary/aromatic N) is 1. The summed E-state index contributed by atoms with van der Waals surface area (Å²) in [7, 11) is -2.14. The van der Waals surface area contributed by atoms with Crippen molar-refractivity contribution in [1.82, 2.24) is 4.31 Å². The van der Waals surface area contributed by atoms with E-state index < -0.39 is 16.1 Å². The van der Waals surface area contributed by atoms with Gasteiger partial charge in [-0.1, -0.05) is 18.2 Å². The molecule has 96 valence electrons. The molecule has 0 bridgehead atoms. The topological polar surface area (TPSA) is 83.6 Å². The first kappa shape index (κ1) is 14.1. The van der Waals surface area contributed by atoms with Crippen LogP contribution in [0.2, 0.25) is 0 Å². The highest BCUT2D eigenvalue weighted by Crippen LogP contribution is 2.18. The number of hydrogen-bond donors (Lipinski definition) is 2. The molecule has 0 heterocycles. The zero-order valence-electron chi connectivity index (χ0n) is 10.00. The molecule has 1 aromatic rings. The molecule has 0 saturated carbocycles. The lowest BCUT2D eigenvalue weighted by molar-refractivity contribution is 0.171. The van der Waals surface area contributed by atoms with E-state index in [9.17, 15) is 13.5 Å². The molecule has 0 amide bonds. The smallest absolute Gasteiger partial charge is 0.243 e. The van der Waals surface area contributed by atoms with Gasteiger partial charge in [0.15, 0.2) is 0 Å². The normalized spacial score (nSPS) is 13.9. The average Bonchev–Trinajstić information content (AvgIpc) is 2.28. The Kier molecular flexibility index (Phi) is 4.64. The van der Waals surface area contributed by atoms with Gasteiger partial charge in [-0.3, -0.25) is 0 Å². The van der Waals surface area contributed by atoms with Gasteiger partial charge in [0.2, 0.25) is 10.0 Å². The molecule has 0 radical (unpaired) electrons. The van der Waals surface area contributed by atoms with Gasteiger partial charge >= 0.3 is 0 Å². The van der Waals surface area contributed by atoms with Crippen molar-refractivity contribution in [2.45, 2.75) is 24.5 Å². The molecule has 1 aromatic carbocycles. The van der Waals surface area contributed by atoms with Crippen LogP contribution in [-0.2, 0) is 16.6 Å². The fourth-order valence-electron chi connectivity index (χ4n) is 1.56. The molecule has 5 nitrogen and oxygen atoms in total. The number of rotatable bonds is 5. The summed E-state index contributed by atoms with van der Waals surface area (Å²) in [6, 6.07) is 6.61. The molecule has 3 N–H and O–H groups in total. The molecule has 17 heavy (non-hydrogen) atoms. The van der Waals surface area contributed by atoms with Gasteiger partial charge in [-0.2, -0.15) is 4.31 Å². The van der Waals surface area contributed by atoms with Crippen LogP contribution in [-0.4, -0.2) is 37.5 Å². The standard InChI is InChI=1S/C11H18N2O3S/c1-9(14)8-13(2)17(15,16)11-6-4-3-5-10(11)7-12/h3-6,9,14H,7-8,12H2,1-2H3. The molecule has 0 aliphatic rings. The van der Waals surface area contributed by atoms with E-state index in [1.165, 1.54) is 13.1 Å². The van der Waals surface area contributed by atoms with Crippen molar-refractivity contribution in [2.24, 2.45) is 5.73 Å². The first-order chi connectivity index (χ1) is 7.89. The van der Waals surface area contributed by atoms with Crippen molar-refractivity contribution in [3.05, 3.63) is 29.8 Å². The van der Waals surface area contributed by atoms with Gasteiger partial charge in [0.05, 0.1) is 11.0 Å². The number of likely N-dealkylation sites (N-methyl/N-ethyl adjacent to an activating group) is 1. The highest BCUT2D eigenvalue weighted by molar-refractivity contribution is 7.89. The second kappa shape index (κ2) is 5.59. The van der Waals surface area contributed by atoms with Crippen LogP contribution >= 0.6 is 0 Å². The third kappa shape index (κ3) is 3.26. The lowest BCUT2D eigenvalue weighted by Gasteiger charge is -2.20. The number of nitrogens with two attached hydrogens (primary N) is 1. The van der Waals surface area contributed by atoms with Crippen LogP contribution in [0.5, 0.6) is 0 Å². The Labute approximate surface area is 102 Å². The van der Waals surface area contributed by atoms with E-state index >= 15 is 0 Å². The summed E-state index contributed by atoms with van der Waals surface area (Å²) in [5.41, 5.74) is 6.09. The summed E-state index contributed by atoms with van der Waals surface area (Å²) >= 11 is 0. The fraction of sp³-hybridized carbons (Fsp3) is 0.455. The third-order valence-corrected chi connectivity index (χ3v) is 4.33. The zero-order valence-corrected chi connectivity index (χ0v) is 10.8. The predicted octanol–water partition coefficient (Wildman–Crippen LogP) is 0.147. The third-order valence-electron chi connectivity index (χ3n) is 2.40. The summed E-state index contributed by atoms with van der Waals surface area (Å²) < 4.78 is 25.5. The minimum Gasteiger partial charge on any atom is -0.392 e. The van der Waals surface area contributed by atoms with Gasteiger partial charge in [0.25, 0.3) is 0 Å². The summed E-state index contributed by atoms with van der Waals surface area (Å²) in [6.45, 7) is 1.76. The second-order valence-corrected chi connectivity index (χ2v) is 5.96. The quantitative estimate of drug-likeness (QED) is 0.787. The maximum absolute atomic E-state index is 12.2. The van der Waals surface area contributed by atoms with E-state index in [-0.39, 0.29) is 18.0 Å². The minimum absolute atomic E-state index is 0.0568. The van der Waals surface area contributed by atoms with Crippen LogP contribution < -0.4 is 5.73 Å². The lowest BCUT2D eigenvalue weighted by atomic mass is 10.2. The van der Waals surface area contributed by atoms with Crippen molar-refractivity contribution in [1.29, 1.82) is 0 Å². The van der Waals surface area contributed by atoms with E-state index in [4.69, 9.17) is 5.73 Å². The number of aliphatic hydroxyl groups is 1. The number of hydrogen-bond acceptors (Lipinski definition) is 4. The van der Waals surface area contributed by atoms with E-state index in [1.807, 2.05) is 0 Å². The molecule has 0 aliphatic carbocycles. The largest absolute Gasteiger partial charge is 0.392 e. The van der Waals surface area contributed by atoms with E-state index in [1.54, 1.807) is 25.1 Å². The van der Waals surface area contributed by atoms with Gasteiger partial charge in [-0.25, -0.2) is 8.42 Å². The van der Waals surface area contributed by atoms with Gasteiger partial charge in [0, 0.05) is 20.1 Å². The van der Waals surface area contributed by atoms with Crippen LogP contribution in [0.15, 0.2) is 29.2 Å². The fourth-order valence-corrected chi connectivity index (χ4v) is 3.04. The van der Waals surface area contributed by atoms with Crippen molar-refractivity contribution in [2.75, 3.05) is 13.6 Å². The first-order valence-electron chi connectivity index (χ1n) is 5.32. The van der Waals surface area contributed by atoms with Crippen molar-refractivity contribution >= 4 is 10.0 Å². The Morgan fingerprint density at radius 1 is 1.41 bits per heavy atom. The molecule has 6 heteroatoms. The Bertz CT molecular complexity index is 471. The number of benzene rings is 1. The van der Waals surface area contributed by atoms with Crippen molar-refractivity contribution < 1.29 is 13.5 Å². The number of sulfonamides is 1. The summed E-state index contributed by atoms with van der Waals surface area (Å²) in [5, 5.41) is 9.23. The highest BCUT2D eigenvalue weighted by atomic mass is 32.2. The van der Waals surface area contributed by atoms with E-state index in [2.05, 4.69) is 0 Å². The second-order valence-electron chi connectivity index (χ2n) is 3.95. The van der Waals surface area contributed by atoms with Gasteiger partial charge in [-0.05, 0) is 18.6 Å². The number of aliphatic hydroxyl groups excluding tert-OH is 1. The Hall–Kier alpha value is -0.950. The van der Waals surface area contributed by atoms with Crippen LogP contribution in [0.4, 0.5) is 0 Å². The SMILES string of the molecule is CC(O)CN(C)S(=O)(=O)c1ccccc1CN. The maximum Gasteiger partial charge on any atom is 0.243 e. The zero-order chi connectivity index (χ0) is 13.1. The molecule has 1 rings (SSSR count). The molecule has 0 aromatic heterocycles. The van der Waals surface area contributed by atoms with Crippen LogP contribution in [0.25, 0.3) is 0 Å². The van der Waals surface area contributed by atoms with Crippen LogP contribution in [0.1, 0.15) is 12.5 Å². The Balaban J connectivity index is 3.13. The highest BCUT2D eigenvalue weighted by Gasteiger charge is 2.23. The summed E-state index contributed by atoms with van der Waals surface area (Å²) in [6.07, 6.45) is -0.709. The average molecular weight is 258 g/mol. The summed E-state index contributed by atoms with van der Waals surface area (Å²) in [5.74, 6) is 0. The minimum atomic E-state index is -3.58. The molecular formula is C11H18N2O3S. The Morgan fingerprint density at radius 3 is 2.53 bits per heavy atom. The molecular weight excluding hydrogens is 240 g/mol.